The van der Waals surface area contributed by atoms with Gasteiger partial charge in [0, 0.05) is 42.3 Å². The number of thiazole rings is 1. The van der Waals surface area contributed by atoms with Crippen molar-refractivity contribution < 1.29 is 4.79 Å². The van der Waals surface area contributed by atoms with Gasteiger partial charge >= 0.3 is 0 Å². The van der Waals surface area contributed by atoms with Gasteiger partial charge in [-0.25, -0.2) is 4.98 Å². The minimum absolute atomic E-state index is 0.168. The van der Waals surface area contributed by atoms with Crippen LogP contribution in [0.1, 0.15) is 16.1 Å². The molecule has 3 heterocycles. The van der Waals surface area contributed by atoms with Crippen molar-refractivity contribution in [2.24, 2.45) is 7.05 Å². The van der Waals surface area contributed by atoms with Crippen molar-refractivity contribution in [2.75, 3.05) is 0 Å². The van der Waals surface area contributed by atoms with Crippen molar-refractivity contribution >= 4 is 28.1 Å². The van der Waals surface area contributed by atoms with Gasteiger partial charge in [-0.1, -0.05) is 18.2 Å². The van der Waals surface area contributed by atoms with Gasteiger partial charge in [0.15, 0.2) is 0 Å². The molecule has 25 heavy (non-hydrogen) atoms. The van der Waals surface area contributed by atoms with Crippen LogP contribution in [-0.4, -0.2) is 20.4 Å². The van der Waals surface area contributed by atoms with E-state index in [2.05, 4.69) is 38.1 Å². The van der Waals surface area contributed by atoms with E-state index < -0.39 is 0 Å². The maximum Gasteiger partial charge on any atom is 0.271 e. The molecule has 0 aliphatic carbocycles. The van der Waals surface area contributed by atoms with E-state index in [1.165, 1.54) is 16.7 Å². The molecule has 0 saturated carbocycles. The van der Waals surface area contributed by atoms with Crippen LogP contribution in [0, 0.1) is 0 Å². The number of nitrogens with one attached hydrogen (secondary N) is 1. The molecule has 4 rings (SSSR count). The van der Waals surface area contributed by atoms with Crippen LogP contribution < -0.4 is 5.32 Å². The average molecular weight is 348 g/mol. The van der Waals surface area contributed by atoms with E-state index in [4.69, 9.17) is 0 Å². The van der Waals surface area contributed by atoms with Gasteiger partial charge in [-0.15, -0.1) is 11.3 Å². The van der Waals surface area contributed by atoms with Gasteiger partial charge in [-0.3, -0.25) is 9.78 Å². The Kier molecular flexibility index (Phi) is 4.03. The van der Waals surface area contributed by atoms with E-state index in [0.29, 0.717) is 12.2 Å². The standard InChI is InChI=1S/C19H16N4OS/c1-23-16-5-3-2-4-14(16)10-17(23)19-22-15(12-25-19)18(24)21-11-13-6-8-20-9-7-13/h2-10,12H,11H2,1H3,(H,21,24). The summed E-state index contributed by atoms with van der Waals surface area (Å²) in [7, 11) is 2.02. The minimum Gasteiger partial charge on any atom is -0.347 e. The molecule has 0 atom stereocenters. The Morgan fingerprint density at radius 3 is 2.80 bits per heavy atom. The molecule has 0 spiro atoms. The lowest BCUT2D eigenvalue weighted by Crippen LogP contribution is -2.23. The summed E-state index contributed by atoms with van der Waals surface area (Å²) in [5.41, 5.74) is 3.61. The van der Waals surface area contributed by atoms with Crippen molar-refractivity contribution in [3.05, 3.63) is 71.5 Å². The lowest BCUT2D eigenvalue weighted by Gasteiger charge is -2.03. The quantitative estimate of drug-likeness (QED) is 0.613. The minimum atomic E-state index is -0.168. The van der Waals surface area contributed by atoms with Gasteiger partial charge in [0.05, 0.1) is 5.69 Å². The molecule has 3 aromatic heterocycles. The molecule has 6 heteroatoms. The summed E-state index contributed by atoms with van der Waals surface area (Å²) in [6.07, 6.45) is 3.42. The van der Waals surface area contributed by atoms with Crippen LogP contribution >= 0.6 is 11.3 Å². The maximum absolute atomic E-state index is 12.3. The molecule has 0 fully saturated rings. The summed E-state index contributed by atoms with van der Waals surface area (Å²) in [5.74, 6) is -0.168. The van der Waals surface area contributed by atoms with Crippen molar-refractivity contribution in [1.82, 2.24) is 19.9 Å². The molecule has 1 aromatic carbocycles. The highest BCUT2D eigenvalue weighted by molar-refractivity contribution is 7.13. The molecule has 4 aromatic rings. The zero-order valence-electron chi connectivity index (χ0n) is 13.6. The number of para-hydroxylation sites is 1. The second-order valence-corrected chi connectivity index (χ2v) is 6.58. The second-order valence-electron chi connectivity index (χ2n) is 5.72. The second kappa shape index (κ2) is 6.49. The number of aryl methyl sites for hydroxylation is 1. The van der Waals surface area contributed by atoms with E-state index in [1.807, 2.05) is 31.3 Å². The Hall–Kier alpha value is -2.99. The molecule has 1 amide bonds. The van der Waals surface area contributed by atoms with Gasteiger partial charge in [-0.05, 0) is 29.8 Å². The van der Waals surface area contributed by atoms with Gasteiger partial charge in [0.2, 0.25) is 0 Å². The van der Waals surface area contributed by atoms with Crippen molar-refractivity contribution in [3.8, 4) is 10.7 Å². The third kappa shape index (κ3) is 3.04. The lowest BCUT2D eigenvalue weighted by molar-refractivity contribution is 0.0946. The van der Waals surface area contributed by atoms with E-state index in [1.54, 1.807) is 17.8 Å². The normalized spacial score (nSPS) is 10.9. The first-order chi connectivity index (χ1) is 12.2. The van der Waals surface area contributed by atoms with E-state index in [0.717, 1.165) is 21.8 Å². The Morgan fingerprint density at radius 1 is 1.20 bits per heavy atom. The maximum atomic E-state index is 12.3. The van der Waals surface area contributed by atoms with Crippen LogP contribution in [0.25, 0.3) is 21.6 Å². The van der Waals surface area contributed by atoms with Gasteiger partial charge in [0.25, 0.3) is 5.91 Å². The highest BCUT2D eigenvalue weighted by atomic mass is 32.1. The largest absolute Gasteiger partial charge is 0.347 e. The molecule has 0 bridgehead atoms. The summed E-state index contributed by atoms with van der Waals surface area (Å²) in [5, 5.41) is 6.70. The van der Waals surface area contributed by atoms with Crippen LogP contribution in [0.4, 0.5) is 0 Å². The van der Waals surface area contributed by atoms with Crippen LogP contribution in [0.5, 0.6) is 0 Å². The summed E-state index contributed by atoms with van der Waals surface area (Å²) < 4.78 is 2.10. The summed E-state index contributed by atoms with van der Waals surface area (Å²) >= 11 is 1.48. The number of benzene rings is 1. The first-order valence-corrected chi connectivity index (χ1v) is 8.78. The molecular formula is C19H16N4OS. The zero-order valence-corrected chi connectivity index (χ0v) is 14.5. The molecule has 0 aliphatic heterocycles. The van der Waals surface area contributed by atoms with Crippen molar-refractivity contribution in [2.45, 2.75) is 6.54 Å². The first kappa shape index (κ1) is 15.5. The molecule has 0 unspecified atom stereocenters. The molecular weight excluding hydrogens is 332 g/mol. The number of aromatic nitrogens is 3. The Bertz CT molecular complexity index is 1040. The van der Waals surface area contributed by atoms with E-state index in [9.17, 15) is 4.79 Å². The van der Waals surface area contributed by atoms with Crippen molar-refractivity contribution in [1.29, 1.82) is 0 Å². The first-order valence-electron chi connectivity index (χ1n) is 7.90. The number of hydrogen-bond acceptors (Lipinski definition) is 4. The Balaban J connectivity index is 1.55. The number of carbonyl (C=O) groups is 1. The fourth-order valence-electron chi connectivity index (χ4n) is 2.76. The predicted molar refractivity (Wildman–Crippen MR) is 99.4 cm³/mol. The Labute approximate surface area is 149 Å². The number of rotatable bonds is 4. The van der Waals surface area contributed by atoms with Gasteiger partial charge in [-0.2, -0.15) is 0 Å². The fourth-order valence-corrected chi connectivity index (χ4v) is 3.61. The third-order valence-electron chi connectivity index (χ3n) is 4.11. The topological polar surface area (TPSA) is 59.8 Å². The number of carbonyl (C=O) groups excluding carboxylic acids is 1. The zero-order chi connectivity index (χ0) is 17.2. The number of nitrogens with zero attached hydrogens (tertiary/aromatic N) is 3. The smallest absolute Gasteiger partial charge is 0.271 e. The number of amides is 1. The number of pyridine rings is 1. The van der Waals surface area contributed by atoms with E-state index >= 15 is 0 Å². The van der Waals surface area contributed by atoms with Crippen LogP contribution in [-0.2, 0) is 13.6 Å². The van der Waals surface area contributed by atoms with Crippen molar-refractivity contribution in [3.63, 3.8) is 0 Å². The van der Waals surface area contributed by atoms with Gasteiger partial charge in [0.1, 0.15) is 10.7 Å². The molecule has 124 valence electrons. The highest BCUT2D eigenvalue weighted by Gasteiger charge is 2.15. The molecule has 1 N–H and O–H groups in total. The summed E-state index contributed by atoms with van der Waals surface area (Å²) in [6, 6.07) is 14.1. The molecule has 0 saturated heterocycles. The number of hydrogen-bond donors (Lipinski definition) is 1. The third-order valence-corrected chi connectivity index (χ3v) is 4.97. The monoisotopic (exact) mass is 348 g/mol. The SMILES string of the molecule is Cn1c(-c2nc(C(=O)NCc3ccncc3)cs2)cc2ccccc21. The summed E-state index contributed by atoms with van der Waals surface area (Å²) in [4.78, 5) is 20.8. The van der Waals surface area contributed by atoms with Crippen LogP contribution in [0.15, 0.2) is 60.2 Å². The van der Waals surface area contributed by atoms with Gasteiger partial charge < -0.3 is 9.88 Å². The average Bonchev–Trinajstić information content (AvgIpc) is 3.26. The summed E-state index contributed by atoms with van der Waals surface area (Å²) in [6.45, 7) is 0.461. The number of fused-ring (bicyclic) bond motifs is 1. The van der Waals surface area contributed by atoms with Crippen LogP contribution in [0.2, 0.25) is 0 Å². The lowest BCUT2D eigenvalue weighted by atomic mass is 10.2. The molecule has 0 radical (unpaired) electrons. The molecule has 0 aliphatic rings. The highest BCUT2D eigenvalue weighted by Crippen LogP contribution is 2.29. The fraction of sp³-hybridized carbons (Fsp3) is 0.105. The molecule has 5 nitrogen and oxygen atoms in total. The Morgan fingerprint density at radius 2 is 2.00 bits per heavy atom. The van der Waals surface area contributed by atoms with Crippen LogP contribution in [0.3, 0.4) is 0 Å². The van der Waals surface area contributed by atoms with E-state index in [-0.39, 0.29) is 5.91 Å². The predicted octanol–water partition coefficient (Wildman–Crippen LogP) is 3.63.